The highest BCUT2D eigenvalue weighted by atomic mass is 32.1. The Morgan fingerprint density at radius 1 is 1.62 bits per heavy atom. The van der Waals surface area contributed by atoms with E-state index in [0.29, 0.717) is 6.04 Å². The Morgan fingerprint density at radius 3 is 3.19 bits per heavy atom. The zero-order valence-electron chi connectivity index (χ0n) is 10.2. The summed E-state index contributed by atoms with van der Waals surface area (Å²) in [4.78, 5) is 7.12. The standard InChI is InChI=1S/C12H21N3S/c1-3-12-8-13-5-7-15(12)6-4-11-9-16-10(2)14-11/h9,12-13H,3-8H2,1-2H3. The van der Waals surface area contributed by atoms with Crippen molar-refractivity contribution in [2.75, 3.05) is 26.2 Å². The summed E-state index contributed by atoms with van der Waals surface area (Å²) in [5.41, 5.74) is 1.26. The maximum Gasteiger partial charge on any atom is 0.0897 e. The van der Waals surface area contributed by atoms with Crippen molar-refractivity contribution in [2.24, 2.45) is 0 Å². The zero-order chi connectivity index (χ0) is 11.4. The molecule has 16 heavy (non-hydrogen) atoms. The lowest BCUT2D eigenvalue weighted by Crippen LogP contribution is -2.51. The molecule has 0 amide bonds. The molecule has 0 bridgehead atoms. The minimum atomic E-state index is 0.716. The Balaban J connectivity index is 1.84. The van der Waals surface area contributed by atoms with Crippen molar-refractivity contribution >= 4 is 11.3 Å². The van der Waals surface area contributed by atoms with E-state index < -0.39 is 0 Å². The van der Waals surface area contributed by atoms with E-state index in [2.05, 4.69) is 34.4 Å². The van der Waals surface area contributed by atoms with Gasteiger partial charge < -0.3 is 5.32 Å². The molecule has 4 heteroatoms. The van der Waals surface area contributed by atoms with Crippen LogP contribution < -0.4 is 5.32 Å². The Morgan fingerprint density at radius 2 is 2.50 bits per heavy atom. The van der Waals surface area contributed by atoms with Crippen LogP contribution in [0.15, 0.2) is 5.38 Å². The van der Waals surface area contributed by atoms with Crippen molar-refractivity contribution in [3.63, 3.8) is 0 Å². The predicted molar refractivity (Wildman–Crippen MR) is 69.1 cm³/mol. The van der Waals surface area contributed by atoms with Gasteiger partial charge >= 0.3 is 0 Å². The summed E-state index contributed by atoms with van der Waals surface area (Å²) in [7, 11) is 0. The summed E-state index contributed by atoms with van der Waals surface area (Å²) in [6, 6.07) is 0.716. The van der Waals surface area contributed by atoms with Crippen molar-refractivity contribution in [3.8, 4) is 0 Å². The van der Waals surface area contributed by atoms with Gasteiger partial charge in [0.05, 0.1) is 10.7 Å². The van der Waals surface area contributed by atoms with Gasteiger partial charge in [0.25, 0.3) is 0 Å². The first-order valence-corrected chi connectivity index (χ1v) is 7.03. The third-order valence-electron chi connectivity index (χ3n) is 3.27. The quantitative estimate of drug-likeness (QED) is 0.866. The maximum atomic E-state index is 4.52. The fourth-order valence-corrected chi connectivity index (χ4v) is 2.93. The third kappa shape index (κ3) is 3.03. The molecule has 1 aromatic heterocycles. The van der Waals surface area contributed by atoms with E-state index in [4.69, 9.17) is 0 Å². The van der Waals surface area contributed by atoms with Crippen molar-refractivity contribution in [1.82, 2.24) is 15.2 Å². The van der Waals surface area contributed by atoms with E-state index in [1.807, 2.05) is 0 Å². The van der Waals surface area contributed by atoms with Gasteiger partial charge in [-0.05, 0) is 13.3 Å². The van der Waals surface area contributed by atoms with E-state index in [-0.39, 0.29) is 0 Å². The Kier molecular flexibility index (Phi) is 4.32. The van der Waals surface area contributed by atoms with Gasteiger partial charge in [0.1, 0.15) is 0 Å². The number of rotatable bonds is 4. The van der Waals surface area contributed by atoms with E-state index >= 15 is 0 Å². The number of thiazole rings is 1. The van der Waals surface area contributed by atoms with Crippen LogP contribution in [0.4, 0.5) is 0 Å². The van der Waals surface area contributed by atoms with Gasteiger partial charge in [0.15, 0.2) is 0 Å². The molecule has 0 saturated carbocycles. The van der Waals surface area contributed by atoms with E-state index in [0.717, 1.165) is 26.1 Å². The molecule has 1 N–H and O–H groups in total. The number of hydrogen-bond acceptors (Lipinski definition) is 4. The van der Waals surface area contributed by atoms with Gasteiger partial charge in [-0.1, -0.05) is 6.92 Å². The van der Waals surface area contributed by atoms with Crippen LogP contribution in [0.25, 0.3) is 0 Å². The van der Waals surface area contributed by atoms with Crippen LogP contribution in [0, 0.1) is 6.92 Å². The molecule has 0 aliphatic carbocycles. The SMILES string of the molecule is CCC1CNCCN1CCc1csc(C)n1. The van der Waals surface area contributed by atoms with Crippen LogP contribution in [0.5, 0.6) is 0 Å². The molecule has 3 nitrogen and oxygen atoms in total. The smallest absolute Gasteiger partial charge is 0.0897 e. The molecule has 1 aromatic rings. The van der Waals surface area contributed by atoms with E-state index in [9.17, 15) is 0 Å². The first kappa shape index (κ1) is 12.0. The molecule has 0 spiro atoms. The summed E-state index contributed by atoms with van der Waals surface area (Å²) in [6.45, 7) is 8.97. The molecular weight excluding hydrogens is 218 g/mol. The molecule has 1 saturated heterocycles. The van der Waals surface area contributed by atoms with Crippen molar-refractivity contribution in [1.29, 1.82) is 0 Å². The van der Waals surface area contributed by atoms with Crippen LogP contribution in [-0.2, 0) is 6.42 Å². The Hall–Kier alpha value is -0.450. The first-order chi connectivity index (χ1) is 7.79. The molecule has 0 aromatic carbocycles. The van der Waals surface area contributed by atoms with Crippen LogP contribution in [0.2, 0.25) is 0 Å². The number of aromatic nitrogens is 1. The molecule has 2 rings (SSSR count). The predicted octanol–water partition coefficient (Wildman–Crippen LogP) is 1.68. The van der Waals surface area contributed by atoms with Gasteiger partial charge in [-0.15, -0.1) is 11.3 Å². The van der Waals surface area contributed by atoms with Crippen LogP contribution in [0.1, 0.15) is 24.0 Å². The second-order valence-electron chi connectivity index (χ2n) is 4.41. The Labute approximate surface area is 102 Å². The molecule has 0 radical (unpaired) electrons. The second kappa shape index (κ2) is 5.75. The molecule has 1 unspecified atom stereocenters. The van der Waals surface area contributed by atoms with Gasteiger partial charge in [0, 0.05) is 44.0 Å². The molecule has 1 aliphatic rings. The fraction of sp³-hybridized carbons (Fsp3) is 0.750. The van der Waals surface area contributed by atoms with Gasteiger partial charge in [-0.2, -0.15) is 0 Å². The molecule has 1 aliphatic heterocycles. The summed E-state index contributed by atoms with van der Waals surface area (Å²) in [6.07, 6.45) is 2.34. The summed E-state index contributed by atoms with van der Waals surface area (Å²) in [5.74, 6) is 0. The lowest BCUT2D eigenvalue weighted by molar-refractivity contribution is 0.158. The highest BCUT2D eigenvalue weighted by Crippen LogP contribution is 2.11. The minimum absolute atomic E-state index is 0.716. The molecule has 1 fully saturated rings. The monoisotopic (exact) mass is 239 g/mol. The van der Waals surface area contributed by atoms with E-state index in [1.54, 1.807) is 11.3 Å². The summed E-state index contributed by atoms with van der Waals surface area (Å²) >= 11 is 1.76. The number of nitrogens with one attached hydrogen (secondary N) is 1. The lowest BCUT2D eigenvalue weighted by atomic mass is 10.1. The van der Waals surface area contributed by atoms with Crippen molar-refractivity contribution in [2.45, 2.75) is 32.7 Å². The Bertz CT molecular complexity index is 324. The average Bonchev–Trinajstić information content (AvgIpc) is 2.73. The largest absolute Gasteiger partial charge is 0.314 e. The lowest BCUT2D eigenvalue weighted by Gasteiger charge is -2.35. The molecule has 2 heterocycles. The zero-order valence-corrected chi connectivity index (χ0v) is 11.0. The maximum absolute atomic E-state index is 4.52. The summed E-state index contributed by atoms with van der Waals surface area (Å²) < 4.78 is 0. The van der Waals surface area contributed by atoms with Crippen LogP contribution in [0.3, 0.4) is 0 Å². The molecule has 1 atom stereocenters. The number of nitrogens with zero attached hydrogens (tertiary/aromatic N) is 2. The number of aryl methyl sites for hydroxylation is 1. The van der Waals surface area contributed by atoms with Crippen LogP contribution in [-0.4, -0.2) is 42.1 Å². The highest BCUT2D eigenvalue weighted by molar-refractivity contribution is 7.09. The highest BCUT2D eigenvalue weighted by Gasteiger charge is 2.19. The number of piperazine rings is 1. The number of hydrogen-bond donors (Lipinski definition) is 1. The van der Waals surface area contributed by atoms with Gasteiger partial charge in [-0.25, -0.2) is 4.98 Å². The second-order valence-corrected chi connectivity index (χ2v) is 5.47. The van der Waals surface area contributed by atoms with E-state index in [1.165, 1.54) is 23.7 Å². The van der Waals surface area contributed by atoms with Gasteiger partial charge in [0.2, 0.25) is 0 Å². The topological polar surface area (TPSA) is 28.2 Å². The van der Waals surface area contributed by atoms with Gasteiger partial charge in [-0.3, -0.25) is 4.90 Å². The molecule has 90 valence electrons. The van der Waals surface area contributed by atoms with Crippen molar-refractivity contribution in [3.05, 3.63) is 16.1 Å². The van der Waals surface area contributed by atoms with Crippen molar-refractivity contribution < 1.29 is 0 Å². The minimum Gasteiger partial charge on any atom is -0.314 e. The molecular formula is C12H21N3S. The summed E-state index contributed by atoms with van der Waals surface area (Å²) in [5, 5.41) is 6.84. The first-order valence-electron chi connectivity index (χ1n) is 6.15. The average molecular weight is 239 g/mol. The third-order valence-corrected chi connectivity index (χ3v) is 4.09. The van der Waals surface area contributed by atoms with Crippen LogP contribution >= 0.6 is 11.3 Å². The fourth-order valence-electron chi connectivity index (χ4n) is 2.28. The normalized spacial score (nSPS) is 22.5.